The monoisotopic (exact) mass is 675 g/mol. The number of phenols is 1. The van der Waals surface area contributed by atoms with E-state index in [4.69, 9.17) is 0 Å². The molecule has 3 fully saturated rings. The minimum Gasteiger partial charge on any atom is -0.506 e. The van der Waals surface area contributed by atoms with E-state index < -0.39 is 70.2 Å². The van der Waals surface area contributed by atoms with Crippen LogP contribution in [0.15, 0.2) is 48.5 Å². The second kappa shape index (κ2) is 12.1. The van der Waals surface area contributed by atoms with E-state index in [9.17, 15) is 32.8 Å². The van der Waals surface area contributed by atoms with Crippen LogP contribution in [-0.2, 0) is 24.6 Å². The fraction of sp³-hybridized carbons (Fsp3) is 0.367. The first-order valence-corrected chi connectivity index (χ1v) is 16.2. The summed E-state index contributed by atoms with van der Waals surface area (Å²) in [6.07, 6.45) is 0.613. The number of carbonyl (C=O) groups is 3. The van der Waals surface area contributed by atoms with Crippen molar-refractivity contribution in [2.45, 2.75) is 37.1 Å². The van der Waals surface area contributed by atoms with Crippen LogP contribution >= 0.6 is 0 Å². The normalized spacial score (nSPS) is 22.7. The maximum absolute atomic E-state index is 15.3. The van der Waals surface area contributed by atoms with Gasteiger partial charge in [0.2, 0.25) is 24.3 Å². The van der Waals surface area contributed by atoms with Crippen LogP contribution in [0.1, 0.15) is 30.7 Å². The molecule has 3 saturated heterocycles. The lowest BCUT2D eigenvalue weighted by molar-refractivity contribution is -0.375. The number of imide groups is 1. The van der Waals surface area contributed by atoms with Crippen LogP contribution in [0.3, 0.4) is 0 Å². The van der Waals surface area contributed by atoms with Crippen molar-refractivity contribution in [1.82, 2.24) is 10.2 Å². The molecule has 3 aliphatic rings. The van der Waals surface area contributed by atoms with Gasteiger partial charge in [-0.15, -0.1) is 8.42 Å². The van der Waals surface area contributed by atoms with Gasteiger partial charge in [-0.1, -0.05) is 12.1 Å². The molecular formula is C30H30F3N6O7S+. The molecule has 2 atom stereocenters. The zero-order valence-electron chi connectivity index (χ0n) is 24.7. The molecule has 0 spiro atoms. The molecule has 3 aromatic carbocycles. The van der Waals surface area contributed by atoms with E-state index in [2.05, 4.69) is 16.0 Å². The van der Waals surface area contributed by atoms with Gasteiger partial charge in [0.1, 0.15) is 28.2 Å². The first kappa shape index (κ1) is 32.2. The van der Waals surface area contributed by atoms with Crippen molar-refractivity contribution in [2.24, 2.45) is 0 Å². The number of rotatable bonds is 7. The number of nitroso groups, excluding NO2 is 1. The summed E-state index contributed by atoms with van der Waals surface area (Å²) in [5, 5.41) is 18.4. The summed E-state index contributed by atoms with van der Waals surface area (Å²) in [7, 11) is -4.54. The summed E-state index contributed by atoms with van der Waals surface area (Å²) in [5.41, 5.74) is 0.510. The average Bonchev–Trinajstić information content (AvgIpc) is 3.25. The molecule has 17 heteroatoms. The number of piperidine rings is 2. The summed E-state index contributed by atoms with van der Waals surface area (Å²) >= 11 is 0. The quantitative estimate of drug-likeness (QED) is 0.218. The Kier molecular flexibility index (Phi) is 8.29. The van der Waals surface area contributed by atoms with Crippen molar-refractivity contribution in [2.75, 3.05) is 47.7 Å². The van der Waals surface area contributed by atoms with Crippen molar-refractivity contribution in [1.29, 1.82) is 0 Å². The standard InChI is InChI=1S/C30H29F3N6O7S/c31-27-21-6-5-20(13-18(21)14-24(40)28(27)38-11-12-39(44)47(38,45)46)35-26(42)15-37-10-9-22(30(32,33)16-37)17-1-3-19(4-2-17)34-23-7-8-25(41)36-29(23)43/h1-6,13-14,22-23,34H,7-12,15-16H2,(H2-,35,36,40,41,42,43)/p+1. The highest BCUT2D eigenvalue weighted by atomic mass is 32.2. The largest absolute Gasteiger partial charge is 0.512 e. The number of nitrogens with zero attached hydrogens (tertiary/aromatic N) is 3. The lowest BCUT2D eigenvalue weighted by Gasteiger charge is -2.38. The molecule has 0 radical (unpaired) electrons. The van der Waals surface area contributed by atoms with Crippen LogP contribution in [0.5, 0.6) is 5.75 Å². The van der Waals surface area contributed by atoms with Gasteiger partial charge in [-0.2, -0.15) is 4.31 Å². The Balaban J connectivity index is 1.07. The molecule has 0 saturated carbocycles. The number of alkyl halides is 2. The van der Waals surface area contributed by atoms with E-state index in [-0.39, 0.29) is 59.0 Å². The molecule has 0 bridgehead atoms. The number of likely N-dealkylation sites (tertiary alicyclic amines) is 1. The molecular weight excluding hydrogens is 645 g/mol. The third kappa shape index (κ3) is 6.32. The van der Waals surface area contributed by atoms with Crippen LogP contribution in [0.4, 0.5) is 30.2 Å². The van der Waals surface area contributed by atoms with Gasteiger partial charge in [-0.05, 0) is 66.7 Å². The summed E-state index contributed by atoms with van der Waals surface area (Å²) in [4.78, 5) is 49.1. The molecule has 3 heterocycles. The van der Waals surface area contributed by atoms with Gasteiger partial charge in [-0.25, -0.2) is 13.2 Å². The van der Waals surface area contributed by atoms with Gasteiger partial charge in [0.05, 0.1) is 19.0 Å². The minimum atomic E-state index is -4.54. The molecule has 2 unspecified atom stereocenters. The lowest BCUT2D eigenvalue weighted by atomic mass is 9.86. The van der Waals surface area contributed by atoms with E-state index in [0.29, 0.717) is 22.0 Å². The first-order chi connectivity index (χ1) is 22.2. The van der Waals surface area contributed by atoms with Crippen molar-refractivity contribution in [3.05, 3.63) is 64.8 Å². The van der Waals surface area contributed by atoms with Crippen molar-refractivity contribution in [3.63, 3.8) is 0 Å². The second-order valence-electron chi connectivity index (χ2n) is 11.7. The summed E-state index contributed by atoms with van der Waals surface area (Å²) in [6.45, 7) is -1.56. The fourth-order valence-corrected chi connectivity index (χ4v) is 7.45. The SMILES string of the molecule is O=C1CCC(Nc2ccc(C3CCN(CC(=O)Nc4ccc5c(F)c(N6CC[N+](=O)S6(=O)=O)c(O)cc5c4)CC3(F)F)cc2)C(=O)N1. The van der Waals surface area contributed by atoms with Crippen LogP contribution < -0.4 is 20.3 Å². The Morgan fingerprint density at radius 2 is 1.79 bits per heavy atom. The number of amides is 3. The van der Waals surface area contributed by atoms with Gasteiger partial charge in [0.25, 0.3) is 5.92 Å². The molecule has 0 aromatic heterocycles. The lowest BCUT2D eigenvalue weighted by Crippen LogP contribution is -2.49. The average molecular weight is 676 g/mol. The Hall–Kier alpha value is -4.77. The number of nitrogens with one attached hydrogen (secondary N) is 3. The molecule has 248 valence electrons. The molecule has 3 aliphatic heterocycles. The number of fused-ring (bicyclic) bond motifs is 1. The summed E-state index contributed by atoms with van der Waals surface area (Å²) in [5.74, 6) is -7.40. The van der Waals surface area contributed by atoms with Crippen molar-refractivity contribution >= 4 is 55.8 Å². The number of anilines is 3. The van der Waals surface area contributed by atoms with E-state index in [1.165, 1.54) is 23.1 Å². The van der Waals surface area contributed by atoms with E-state index in [0.717, 1.165) is 6.07 Å². The smallest absolute Gasteiger partial charge is 0.506 e. The highest BCUT2D eigenvalue weighted by Crippen LogP contribution is 2.41. The van der Waals surface area contributed by atoms with E-state index in [1.807, 2.05) is 0 Å². The maximum Gasteiger partial charge on any atom is 0.512 e. The number of hydrogen-bond donors (Lipinski definition) is 4. The highest BCUT2D eigenvalue weighted by Gasteiger charge is 2.48. The topological polar surface area (TPSA) is 168 Å². The highest BCUT2D eigenvalue weighted by molar-refractivity contribution is 7.87. The third-order valence-corrected chi connectivity index (χ3v) is 10.1. The Morgan fingerprint density at radius 1 is 1.06 bits per heavy atom. The molecule has 6 rings (SSSR count). The van der Waals surface area contributed by atoms with Gasteiger partial charge in [0.15, 0.2) is 5.82 Å². The van der Waals surface area contributed by atoms with Gasteiger partial charge in [-0.3, -0.25) is 24.6 Å². The second-order valence-corrected chi connectivity index (χ2v) is 13.5. The van der Waals surface area contributed by atoms with Crippen LogP contribution in [0.25, 0.3) is 10.8 Å². The first-order valence-electron chi connectivity index (χ1n) is 14.8. The predicted molar refractivity (Wildman–Crippen MR) is 164 cm³/mol. The van der Waals surface area contributed by atoms with E-state index in [1.54, 1.807) is 24.3 Å². The molecule has 13 nitrogen and oxygen atoms in total. The molecule has 3 aromatic rings. The number of hydrogen-bond acceptors (Lipinski definition) is 9. The zero-order chi connectivity index (χ0) is 33.7. The summed E-state index contributed by atoms with van der Waals surface area (Å²) in [6, 6.07) is 10.8. The van der Waals surface area contributed by atoms with Crippen LogP contribution in [0.2, 0.25) is 0 Å². The molecule has 47 heavy (non-hydrogen) atoms. The van der Waals surface area contributed by atoms with Crippen molar-refractivity contribution < 1.29 is 45.2 Å². The number of carbonyl (C=O) groups excluding carboxylic acids is 3. The zero-order valence-corrected chi connectivity index (χ0v) is 25.5. The number of aromatic hydroxyl groups is 1. The number of benzene rings is 3. The van der Waals surface area contributed by atoms with Gasteiger partial charge >= 0.3 is 10.2 Å². The van der Waals surface area contributed by atoms with Crippen LogP contribution in [0, 0.1) is 10.7 Å². The maximum atomic E-state index is 15.3. The molecule has 0 aliphatic carbocycles. The predicted octanol–water partition coefficient (Wildman–Crippen LogP) is 2.81. The number of phenolic OH excluding ortho intramolecular Hbond substituents is 1. The van der Waals surface area contributed by atoms with Gasteiger partial charge in [0, 0.05) is 28.1 Å². The Morgan fingerprint density at radius 3 is 2.45 bits per heavy atom. The van der Waals surface area contributed by atoms with Gasteiger partial charge < -0.3 is 15.7 Å². The molecule has 3 amide bonds. The Labute approximate surface area is 266 Å². The van der Waals surface area contributed by atoms with Crippen LogP contribution in [-0.4, -0.2) is 85.0 Å². The van der Waals surface area contributed by atoms with E-state index >= 15 is 13.2 Å². The Bertz CT molecular complexity index is 1910. The summed E-state index contributed by atoms with van der Waals surface area (Å²) < 4.78 is 70.7. The fourth-order valence-electron chi connectivity index (χ4n) is 6.20. The van der Waals surface area contributed by atoms with Crippen molar-refractivity contribution in [3.8, 4) is 5.75 Å². The third-order valence-electron chi connectivity index (χ3n) is 8.52. The number of halogens is 3. The minimum absolute atomic E-state index is 0.0724. The molecule has 4 N–H and O–H groups in total.